The number of aromatic nitrogens is 3. The number of rotatable bonds is 2. The van der Waals surface area contributed by atoms with E-state index in [1.54, 1.807) is 0 Å². The molecule has 0 saturated heterocycles. The second-order valence-electron chi connectivity index (χ2n) is 3.39. The Bertz CT molecular complexity index is 430. The van der Waals surface area contributed by atoms with Gasteiger partial charge in [-0.2, -0.15) is 27.1 Å². The number of halogens is 5. The highest BCUT2D eigenvalue weighted by atomic mass is 32.1. The van der Waals surface area contributed by atoms with E-state index in [0.29, 0.717) is 4.57 Å². The number of hydrogen-bond acceptors (Lipinski definition) is 2. The van der Waals surface area contributed by atoms with Gasteiger partial charge >= 0.3 is 12.1 Å². The fourth-order valence-electron chi connectivity index (χ4n) is 1.13. The Morgan fingerprint density at radius 1 is 1.25 bits per heavy atom. The lowest BCUT2D eigenvalue weighted by Gasteiger charge is -2.20. The molecule has 16 heavy (non-hydrogen) atoms. The molecule has 0 atom stereocenters. The topological polar surface area (TPSA) is 33.6 Å². The van der Waals surface area contributed by atoms with Crippen LogP contribution in [-0.4, -0.2) is 20.9 Å². The van der Waals surface area contributed by atoms with Crippen LogP contribution in [0, 0.1) is 4.77 Å². The molecule has 1 heterocycles. The summed E-state index contributed by atoms with van der Waals surface area (Å²) in [6.07, 6.45) is -5.69. The molecular formula is C7H8F5N3S. The van der Waals surface area contributed by atoms with Crippen molar-refractivity contribution in [3.8, 4) is 0 Å². The molecule has 0 aromatic carbocycles. The summed E-state index contributed by atoms with van der Waals surface area (Å²) in [4.78, 5) is 0. The van der Waals surface area contributed by atoms with E-state index in [0.717, 1.165) is 0 Å². The number of nitrogens with zero attached hydrogens (tertiary/aromatic N) is 2. The van der Waals surface area contributed by atoms with Crippen molar-refractivity contribution in [3.05, 3.63) is 10.6 Å². The molecule has 1 N–H and O–H groups in total. The summed E-state index contributed by atoms with van der Waals surface area (Å²) in [6, 6.07) is -0.644. The van der Waals surface area contributed by atoms with Crippen LogP contribution < -0.4 is 0 Å². The number of aromatic amines is 1. The molecule has 3 nitrogen and oxygen atoms in total. The van der Waals surface area contributed by atoms with Crippen molar-refractivity contribution in [3.63, 3.8) is 0 Å². The van der Waals surface area contributed by atoms with Gasteiger partial charge in [-0.3, -0.25) is 9.67 Å². The standard InChI is InChI=1S/C7H8F5N3S/c1-3(2)15-4(13-14-5(15)16)6(8,9)7(10,11)12/h3H,1-2H3,(H,14,16). The zero-order valence-corrected chi connectivity index (χ0v) is 9.09. The van der Waals surface area contributed by atoms with Crippen molar-refractivity contribution in [2.45, 2.75) is 32.0 Å². The lowest BCUT2D eigenvalue weighted by atomic mass is 10.3. The van der Waals surface area contributed by atoms with Gasteiger partial charge in [-0.15, -0.1) is 0 Å². The van der Waals surface area contributed by atoms with Crippen LogP contribution in [0.3, 0.4) is 0 Å². The van der Waals surface area contributed by atoms with Crippen LogP contribution in [-0.2, 0) is 5.92 Å². The summed E-state index contributed by atoms with van der Waals surface area (Å²) < 4.78 is 62.8. The first kappa shape index (κ1) is 13.1. The minimum atomic E-state index is -5.69. The molecule has 9 heteroatoms. The Labute approximate surface area is 92.3 Å². The molecule has 0 saturated carbocycles. The fourth-order valence-corrected chi connectivity index (χ4v) is 1.47. The molecule has 0 unspecified atom stereocenters. The molecule has 1 rings (SSSR count). The maximum Gasteiger partial charge on any atom is 0.461 e. The Balaban J connectivity index is 3.40. The van der Waals surface area contributed by atoms with Gasteiger partial charge in [0.05, 0.1) is 0 Å². The van der Waals surface area contributed by atoms with E-state index in [1.807, 2.05) is 5.10 Å². The zero-order chi connectivity index (χ0) is 12.7. The maximum absolute atomic E-state index is 13.0. The van der Waals surface area contributed by atoms with Gasteiger partial charge in [0.1, 0.15) is 0 Å². The van der Waals surface area contributed by atoms with E-state index < -0.39 is 24.0 Å². The smallest absolute Gasteiger partial charge is 0.296 e. The molecular weight excluding hydrogens is 253 g/mol. The third kappa shape index (κ3) is 1.95. The summed E-state index contributed by atoms with van der Waals surface area (Å²) in [5, 5.41) is 4.88. The third-order valence-corrected chi connectivity index (χ3v) is 2.15. The normalized spacial score (nSPS) is 13.5. The summed E-state index contributed by atoms with van der Waals surface area (Å²) in [5.74, 6) is -6.44. The minimum absolute atomic E-state index is 0.270. The van der Waals surface area contributed by atoms with Crippen LogP contribution in [0.25, 0.3) is 0 Å². The lowest BCUT2D eigenvalue weighted by molar-refractivity contribution is -0.293. The summed E-state index contributed by atoms with van der Waals surface area (Å²) >= 11 is 4.59. The first-order valence-corrected chi connectivity index (χ1v) is 4.61. The highest BCUT2D eigenvalue weighted by Gasteiger charge is 2.62. The molecule has 0 radical (unpaired) electrons. The Morgan fingerprint density at radius 3 is 2.12 bits per heavy atom. The van der Waals surface area contributed by atoms with Crippen molar-refractivity contribution in [2.24, 2.45) is 0 Å². The van der Waals surface area contributed by atoms with Crippen LogP contribution in [0.1, 0.15) is 25.7 Å². The SMILES string of the molecule is CC(C)n1c(C(F)(F)C(F)(F)F)n[nH]c1=S. The highest BCUT2D eigenvalue weighted by molar-refractivity contribution is 7.71. The van der Waals surface area contributed by atoms with Gasteiger partial charge in [-0.1, -0.05) is 0 Å². The predicted octanol–water partition coefficient (Wildman–Crippen LogP) is 3.18. The average molecular weight is 261 g/mol. The molecule has 1 aromatic rings. The van der Waals surface area contributed by atoms with Crippen LogP contribution in [0.15, 0.2) is 0 Å². The highest BCUT2D eigenvalue weighted by Crippen LogP contribution is 2.43. The minimum Gasteiger partial charge on any atom is -0.296 e. The van der Waals surface area contributed by atoms with Crippen molar-refractivity contribution in [1.82, 2.24) is 14.8 Å². The molecule has 0 bridgehead atoms. The first-order chi connectivity index (χ1) is 7.09. The summed E-state index contributed by atoms with van der Waals surface area (Å²) in [7, 11) is 0. The van der Waals surface area contributed by atoms with Crippen LogP contribution in [0.4, 0.5) is 22.0 Å². The molecule has 0 aliphatic heterocycles. The second kappa shape index (κ2) is 3.79. The van der Waals surface area contributed by atoms with E-state index in [-0.39, 0.29) is 4.77 Å². The van der Waals surface area contributed by atoms with E-state index in [4.69, 9.17) is 0 Å². The molecule has 0 aliphatic rings. The summed E-state index contributed by atoms with van der Waals surface area (Å²) in [6.45, 7) is 2.86. The van der Waals surface area contributed by atoms with Gasteiger partial charge in [0.15, 0.2) is 4.77 Å². The van der Waals surface area contributed by atoms with Crippen molar-refractivity contribution < 1.29 is 22.0 Å². The monoisotopic (exact) mass is 261 g/mol. The first-order valence-electron chi connectivity index (χ1n) is 4.21. The van der Waals surface area contributed by atoms with Crippen molar-refractivity contribution in [2.75, 3.05) is 0 Å². The largest absolute Gasteiger partial charge is 0.461 e. The van der Waals surface area contributed by atoms with Gasteiger partial charge in [-0.25, -0.2) is 0 Å². The quantitative estimate of drug-likeness (QED) is 0.655. The van der Waals surface area contributed by atoms with Crippen LogP contribution in [0.2, 0.25) is 0 Å². The van der Waals surface area contributed by atoms with E-state index in [2.05, 4.69) is 17.3 Å². The number of H-pyrrole nitrogens is 1. The van der Waals surface area contributed by atoms with Crippen LogP contribution >= 0.6 is 12.2 Å². The van der Waals surface area contributed by atoms with Crippen LogP contribution in [0.5, 0.6) is 0 Å². The lowest BCUT2D eigenvalue weighted by Crippen LogP contribution is -2.36. The molecule has 1 aromatic heterocycles. The predicted molar refractivity (Wildman–Crippen MR) is 47.7 cm³/mol. The molecule has 0 spiro atoms. The Hall–Kier alpha value is -0.990. The van der Waals surface area contributed by atoms with Gasteiger partial charge < -0.3 is 0 Å². The Kier molecular flexibility index (Phi) is 3.10. The van der Waals surface area contributed by atoms with Gasteiger partial charge in [0, 0.05) is 6.04 Å². The van der Waals surface area contributed by atoms with Crippen molar-refractivity contribution in [1.29, 1.82) is 0 Å². The number of nitrogens with one attached hydrogen (secondary N) is 1. The van der Waals surface area contributed by atoms with Gasteiger partial charge in [0.25, 0.3) is 0 Å². The molecule has 92 valence electrons. The van der Waals surface area contributed by atoms with E-state index in [1.165, 1.54) is 13.8 Å². The third-order valence-electron chi connectivity index (χ3n) is 1.86. The zero-order valence-electron chi connectivity index (χ0n) is 8.27. The number of hydrogen-bond donors (Lipinski definition) is 1. The molecule has 0 amide bonds. The fraction of sp³-hybridized carbons (Fsp3) is 0.714. The van der Waals surface area contributed by atoms with Gasteiger partial charge in [-0.05, 0) is 26.1 Å². The average Bonchev–Trinajstić information content (AvgIpc) is 2.45. The summed E-state index contributed by atoms with van der Waals surface area (Å²) in [5.41, 5.74) is 0. The molecule has 0 fully saturated rings. The van der Waals surface area contributed by atoms with E-state index in [9.17, 15) is 22.0 Å². The van der Waals surface area contributed by atoms with Crippen molar-refractivity contribution >= 4 is 12.2 Å². The maximum atomic E-state index is 13.0. The molecule has 0 aliphatic carbocycles. The van der Waals surface area contributed by atoms with E-state index >= 15 is 0 Å². The second-order valence-corrected chi connectivity index (χ2v) is 3.77. The van der Waals surface area contributed by atoms with Gasteiger partial charge in [0.2, 0.25) is 5.82 Å². The Morgan fingerprint density at radius 2 is 1.75 bits per heavy atom. The number of alkyl halides is 5.